The van der Waals surface area contributed by atoms with E-state index in [0.717, 1.165) is 15.8 Å². The summed E-state index contributed by atoms with van der Waals surface area (Å²) in [5.74, 6) is -1.52. The van der Waals surface area contributed by atoms with E-state index < -0.39 is 17.7 Å². The molecule has 0 radical (unpaired) electrons. The molecule has 0 bridgehead atoms. The van der Waals surface area contributed by atoms with E-state index in [1.54, 1.807) is 31.5 Å². The molecule has 5 rings (SSSR count). The van der Waals surface area contributed by atoms with Crippen molar-refractivity contribution in [1.82, 2.24) is 9.97 Å². The Balaban J connectivity index is 1.73. The van der Waals surface area contributed by atoms with Gasteiger partial charge in [-0.1, -0.05) is 36.4 Å². The third-order valence-electron chi connectivity index (χ3n) is 5.61. The van der Waals surface area contributed by atoms with Crippen molar-refractivity contribution in [1.29, 1.82) is 0 Å². The van der Waals surface area contributed by atoms with Gasteiger partial charge in [-0.3, -0.25) is 19.5 Å². The lowest BCUT2D eigenvalue weighted by atomic mass is 9.95. The Morgan fingerprint density at radius 3 is 2.47 bits per heavy atom. The molecule has 1 aliphatic heterocycles. The number of carbonyl (C=O) groups is 2. The maximum absolute atomic E-state index is 13.6. The van der Waals surface area contributed by atoms with Crippen LogP contribution < -0.4 is 4.90 Å². The van der Waals surface area contributed by atoms with Crippen LogP contribution in [0.25, 0.3) is 10.8 Å². The molecular weight excluding hydrogens is 422 g/mol. The monoisotopic (exact) mass is 441 g/mol. The molecule has 1 atom stereocenters. The zero-order chi connectivity index (χ0) is 22.4. The molecule has 6 nitrogen and oxygen atoms in total. The molecule has 0 aliphatic carbocycles. The summed E-state index contributed by atoms with van der Waals surface area (Å²) in [7, 11) is 0. The molecule has 0 saturated carbocycles. The van der Waals surface area contributed by atoms with Crippen LogP contribution in [0.3, 0.4) is 0 Å². The number of hydrogen-bond donors (Lipinski definition) is 1. The lowest BCUT2D eigenvalue weighted by molar-refractivity contribution is -0.117. The first kappa shape index (κ1) is 20.1. The van der Waals surface area contributed by atoms with E-state index in [-0.39, 0.29) is 11.4 Å². The Bertz CT molecular complexity index is 1400. The number of aliphatic hydroxyl groups excluding tert-OH is 1. The molecule has 1 amide bonds. The first-order valence-electron chi connectivity index (χ1n) is 10.1. The maximum atomic E-state index is 13.6. The van der Waals surface area contributed by atoms with Gasteiger partial charge in [-0.15, -0.1) is 11.3 Å². The summed E-state index contributed by atoms with van der Waals surface area (Å²) in [6.07, 6.45) is 3.22. The Labute approximate surface area is 188 Å². The summed E-state index contributed by atoms with van der Waals surface area (Å²) < 4.78 is 0. The van der Waals surface area contributed by atoms with Gasteiger partial charge in [0, 0.05) is 17.8 Å². The fourth-order valence-electron chi connectivity index (χ4n) is 4.23. The number of fused-ring (bicyclic) bond motifs is 1. The number of carbonyl (C=O) groups excluding carboxylic acids is 2. The number of aliphatic hydroxyl groups is 1. The van der Waals surface area contributed by atoms with E-state index in [1.165, 1.54) is 16.2 Å². The second-order valence-electron chi connectivity index (χ2n) is 7.60. The zero-order valence-corrected chi connectivity index (χ0v) is 18.3. The summed E-state index contributed by atoms with van der Waals surface area (Å²) in [4.78, 5) is 37.4. The number of rotatable bonds is 4. The van der Waals surface area contributed by atoms with Gasteiger partial charge >= 0.3 is 0 Å². The highest BCUT2D eigenvalue weighted by Gasteiger charge is 2.45. The van der Waals surface area contributed by atoms with Crippen molar-refractivity contribution in [2.24, 2.45) is 0 Å². The number of aryl methyl sites for hydroxylation is 2. The Morgan fingerprint density at radius 2 is 1.75 bits per heavy atom. The van der Waals surface area contributed by atoms with Crippen LogP contribution in [-0.2, 0) is 4.79 Å². The molecule has 0 spiro atoms. The number of benzene rings is 2. The molecule has 7 heteroatoms. The van der Waals surface area contributed by atoms with Crippen LogP contribution in [0.4, 0.5) is 5.69 Å². The van der Waals surface area contributed by atoms with Gasteiger partial charge in [0.15, 0.2) is 5.76 Å². The Hall–Kier alpha value is -3.84. The minimum atomic E-state index is -0.786. The normalized spacial score (nSPS) is 16.2. The van der Waals surface area contributed by atoms with E-state index in [1.807, 2.05) is 49.4 Å². The van der Waals surface area contributed by atoms with Crippen molar-refractivity contribution >= 4 is 39.5 Å². The van der Waals surface area contributed by atoms with E-state index in [0.29, 0.717) is 21.8 Å². The van der Waals surface area contributed by atoms with Gasteiger partial charge in [-0.25, -0.2) is 4.98 Å². The fourth-order valence-corrected chi connectivity index (χ4v) is 5.10. The van der Waals surface area contributed by atoms with Gasteiger partial charge in [0.25, 0.3) is 5.91 Å². The summed E-state index contributed by atoms with van der Waals surface area (Å²) in [6.45, 7) is 3.58. The Kier molecular flexibility index (Phi) is 4.83. The van der Waals surface area contributed by atoms with E-state index in [9.17, 15) is 14.7 Å². The van der Waals surface area contributed by atoms with Crippen molar-refractivity contribution in [2.45, 2.75) is 19.9 Å². The molecule has 2 aromatic heterocycles. The second kappa shape index (κ2) is 7.69. The minimum Gasteiger partial charge on any atom is -0.503 e. The lowest BCUT2D eigenvalue weighted by Crippen LogP contribution is -2.31. The molecule has 158 valence electrons. The smallest absolute Gasteiger partial charge is 0.294 e. The summed E-state index contributed by atoms with van der Waals surface area (Å²) >= 11 is 1.26. The molecular formula is C25H19N3O3S. The number of amides is 1. The number of pyridine rings is 1. The van der Waals surface area contributed by atoms with Crippen LogP contribution in [0, 0.1) is 13.8 Å². The Morgan fingerprint density at radius 1 is 1.03 bits per heavy atom. The largest absolute Gasteiger partial charge is 0.503 e. The van der Waals surface area contributed by atoms with Crippen LogP contribution in [0.15, 0.2) is 78.3 Å². The minimum absolute atomic E-state index is 0.0564. The predicted octanol–water partition coefficient (Wildman–Crippen LogP) is 5.09. The molecule has 0 fully saturated rings. The van der Waals surface area contributed by atoms with Crippen LogP contribution in [0.1, 0.15) is 32.0 Å². The zero-order valence-electron chi connectivity index (χ0n) is 17.4. The molecule has 3 heterocycles. The van der Waals surface area contributed by atoms with Gasteiger partial charge in [0.1, 0.15) is 0 Å². The number of hydrogen-bond acceptors (Lipinski definition) is 6. The van der Waals surface area contributed by atoms with Gasteiger partial charge in [-0.2, -0.15) is 0 Å². The van der Waals surface area contributed by atoms with Crippen LogP contribution >= 0.6 is 11.3 Å². The van der Waals surface area contributed by atoms with Crippen molar-refractivity contribution in [3.05, 3.63) is 99.5 Å². The average molecular weight is 442 g/mol. The summed E-state index contributed by atoms with van der Waals surface area (Å²) in [6, 6.07) is 16.1. The molecule has 2 aromatic carbocycles. The standard InChI is InChI=1S/C25H19N3O3S/c1-14-24(32-15(2)27-14)22(29)20-21(17-10-12-26-13-11-17)28(25(31)23(20)30)19-9-5-7-16-6-3-4-8-18(16)19/h3-13,21,30H,1-2H3. The highest BCUT2D eigenvalue weighted by molar-refractivity contribution is 7.14. The number of thiazole rings is 1. The lowest BCUT2D eigenvalue weighted by Gasteiger charge is -2.28. The van der Waals surface area contributed by atoms with Gasteiger partial charge in [0.2, 0.25) is 5.78 Å². The molecule has 32 heavy (non-hydrogen) atoms. The summed E-state index contributed by atoms with van der Waals surface area (Å²) in [5, 5.41) is 13.5. The third kappa shape index (κ3) is 3.09. The second-order valence-corrected chi connectivity index (χ2v) is 8.80. The maximum Gasteiger partial charge on any atom is 0.294 e. The third-order valence-corrected chi connectivity index (χ3v) is 6.68. The van der Waals surface area contributed by atoms with E-state index in [4.69, 9.17) is 0 Å². The fraction of sp³-hybridized carbons (Fsp3) is 0.120. The number of nitrogens with zero attached hydrogens (tertiary/aromatic N) is 3. The van der Waals surface area contributed by atoms with E-state index in [2.05, 4.69) is 9.97 Å². The molecule has 1 aliphatic rings. The van der Waals surface area contributed by atoms with Gasteiger partial charge in [0.05, 0.1) is 32.9 Å². The van der Waals surface area contributed by atoms with Crippen molar-refractivity contribution in [2.75, 3.05) is 4.90 Å². The highest BCUT2D eigenvalue weighted by atomic mass is 32.1. The molecule has 1 unspecified atom stereocenters. The van der Waals surface area contributed by atoms with Gasteiger partial charge in [-0.05, 0) is 43.0 Å². The van der Waals surface area contributed by atoms with Crippen LogP contribution in [-0.4, -0.2) is 26.8 Å². The van der Waals surface area contributed by atoms with E-state index >= 15 is 0 Å². The van der Waals surface area contributed by atoms with Gasteiger partial charge < -0.3 is 5.11 Å². The summed E-state index contributed by atoms with van der Waals surface area (Å²) in [5.41, 5.74) is 1.96. The molecule has 0 saturated heterocycles. The average Bonchev–Trinajstić information content (AvgIpc) is 3.28. The van der Waals surface area contributed by atoms with Crippen molar-refractivity contribution in [3.8, 4) is 0 Å². The van der Waals surface area contributed by atoms with Crippen LogP contribution in [0.2, 0.25) is 0 Å². The first-order valence-corrected chi connectivity index (χ1v) is 10.9. The number of Topliss-reactive ketones (excluding diaryl/α,β-unsaturated/α-hetero) is 1. The predicted molar refractivity (Wildman–Crippen MR) is 124 cm³/mol. The molecule has 4 aromatic rings. The SMILES string of the molecule is Cc1nc(C)c(C(=O)C2=C(O)C(=O)N(c3cccc4ccccc34)C2c2ccncc2)s1. The van der Waals surface area contributed by atoms with Crippen molar-refractivity contribution in [3.63, 3.8) is 0 Å². The van der Waals surface area contributed by atoms with Crippen LogP contribution in [0.5, 0.6) is 0 Å². The quantitative estimate of drug-likeness (QED) is 0.446. The van der Waals surface area contributed by atoms with Crippen molar-refractivity contribution < 1.29 is 14.7 Å². The number of aromatic nitrogens is 2. The number of anilines is 1. The topological polar surface area (TPSA) is 83.4 Å². The number of ketones is 1. The first-order chi connectivity index (χ1) is 15.5. The molecule has 1 N–H and O–H groups in total. The highest BCUT2D eigenvalue weighted by Crippen LogP contribution is 2.44.